The number of piperidine rings is 2. The Morgan fingerprint density at radius 1 is 1.08 bits per heavy atom. The Morgan fingerprint density at radius 3 is 2.60 bits per heavy atom. The number of rotatable bonds is 5. The maximum absolute atomic E-state index is 9.95. The normalized spacial score (nSPS) is 27.0. The van der Waals surface area contributed by atoms with Crippen LogP contribution < -0.4 is 10.6 Å². The molecule has 1 aromatic carbocycles. The van der Waals surface area contributed by atoms with Crippen LogP contribution >= 0.6 is 0 Å². The highest BCUT2D eigenvalue weighted by Gasteiger charge is 2.34. The van der Waals surface area contributed by atoms with E-state index in [-0.39, 0.29) is 0 Å². The molecule has 4 heteroatoms. The fourth-order valence-corrected chi connectivity index (χ4v) is 5.26. The molecule has 4 nitrogen and oxygen atoms in total. The average molecular weight is 344 g/mol. The largest absolute Gasteiger partial charge is 0.395 e. The highest BCUT2D eigenvalue weighted by atomic mass is 16.3. The van der Waals surface area contributed by atoms with Crippen molar-refractivity contribution in [2.24, 2.45) is 11.8 Å². The van der Waals surface area contributed by atoms with E-state index in [9.17, 15) is 5.11 Å². The molecule has 2 atom stereocenters. The molecule has 0 aliphatic carbocycles. The molecule has 2 unspecified atom stereocenters. The van der Waals surface area contributed by atoms with Gasteiger partial charge in [0.2, 0.25) is 0 Å². The van der Waals surface area contributed by atoms with E-state index in [4.69, 9.17) is 0 Å². The monoisotopic (exact) mass is 343 g/mol. The van der Waals surface area contributed by atoms with Crippen molar-refractivity contribution >= 4 is 5.69 Å². The molecule has 0 amide bonds. The summed E-state index contributed by atoms with van der Waals surface area (Å²) in [5.41, 5.74) is 2.86. The van der Waals surface area contributed by atoms with E-state index in [0.29, 0.717) is 18.6 Å². The van der Waals surface area contributed by atoms with Crippen LogP contribution in [0.1, 0.15) is 43.6 Å². The second-order valence-corrected chi connectivity index (χ2v) is 8.21. The van der Waals surface area contributed by atoms with Gasteiger partial charge in [-0.15, -0.1) is 0 Å². The van der Waals surface area contributed by atoms with Crippen LogP contribution in [-0.4, -0.2) is 55.4 Å². The predicted molar refractivity (Wildman–Crippen MR) is 103 cm³/mol. The van der Waals surface area contributed by atoms with Crippen LogP contribution in [-0.2, 0) is 0 Å². The van der Waals surface area contributed by atoms with E-state index in [1.165, 1.54) is 43.4 Å². The number of hydrogen-bond acceptors (Lipinski definition) is 4. The quantitative estimate of drug-likeness (QED) is 0.769. The van der Waals surface area contributed by atoms with Gasteiger partial charge in [0.15, 0.2) is 0 Å². The maximum Gasteiger partial charge on any atom is 0.0586 e. The zero-order valence-electron chi connectivity index (χ0n) is 15.3. The molecule has 3 N–H and O–H groups in total. The number of fused-ring (bicyclic) bond motifs is 1. The molecule has 0 bridgehead atoms. The Hall–Kier alpha value is -1.10. The topological polar surface area (TPSA) is 47.5 Å². The average Bonchev–Trinajstić information content (AvgIpc) is 3.11. The number of anilines is 1. The first-order valence-electron chi connectivity index (χ1n) is 10.2. The summed E-state index contributed by atoms with van der Waals surface area (Å²) in [4.78, 5) is 2.58. The molecule has 3 aliphatic rings. The lowest BCUT2D eigenvalue weighted by atomic mass is 9.80. The summed E-state index contributed by atoms with van der Waals surface area (Å²) < 4.78 is 0. The third-order valence-electron chi connectivity index (χ3n) is 6.81. The Balaban J connectivity index is 1.31. The van der Waals surface area contributed by atoms with Gasteiger partial charge < -0.3 is 15.7 Å². The fourth-order valence-electron chi connectivity index (χ4n) is 5.26. The van der Waals surface area contributed by atoms with E-state index < -0.39 is 0 Å². The number of benzene rings is 1. The Kier molecular flexibility index (Phi) is 5.59. The molecule has 0 aromatic heterocycles. The smallest absolute Gasteiger partial charge is 0.0586 e. The van der Waals surface area contributed by atoms with Crippen LogP contribution in [0.4, 0.5) is 5.69 Å². The second kappa shape index (κ2) is 8.07. The third-order valence-corrected chi connectivity index (χ3v) is 6.81. The maximum atomic E-state index is 9.95. The van der Waals surface area contributed by atoms with E-state index in [0.717, 1.165) is 44.6 Å². The minimum atomic E-state index is 0.322. The molecule has 0 saturated carbocycles. The van der Waals surface area contributed by atoms with Crippen LogP contribution in [0.25, 0.3) is 0 Å². The van der Waals surface area contributed by atoms with Gasteiger partial charge in [0.1, 0.15) is 0 Å². The highest BCUT2D eigenvalue weighted by Crippen LogP contribution is 2.40. The van der Waals surface area contributed by atoms with Crippen molar-refractivity contribution in [3.63, 3.8) is 0 Å². The number of nitrogens with one attached hydrogen (secondary N) is 2. The standard InChI is InChI=1S/C21H33N3O/c25-15-18(13-16-5-9-22-10-6-16)24-11-7-17(8-12-24)20-14-23-21-4-2-1-3-19(20)21/h1-4,16-18,20,22-23,25H,5-15H2. The molecular weight excluding hydrogens is 310 g/mol. The first-order chi connectivity index (χ1) is 12.3. The zero-order valence-corrected chi connectivity index (χ0v) is 15.3. The van der Waals surface area contributed by atoms with Gasteiger partial charge in [-0.2, -0.15) is 0 Å². The van der Waals surface area contributed by atoms with Gasteiger partial charge in [-0.25, -0.2) is 0 Å². The molecule has 1 aromatic rings. The summed E-state index contributed by atoms with van der Waals surface area (Å²) in [7, 11) is 0. The molecule has 4 rings (SSSR count). The SMILES string of the molecule is OCC(CC1CCNCC1)N1CCC(C2CNc3ccccc32)CC1. The molecule has 0 spiro atoms. The number of aliphatic hydroxyl groups is 1. The molecule has 2 fully saturated rings. The Morgan fingerprint density at radius 2 is 1.84 bits per heavy atom. The Labute approximate surface area is 152 Å². The van der Waals surface area contributed by atoms with Crippen molar-refractivity contribution in [1.29, 1.82) is 0 Å². The van der Waals surface area contributed by atoms with E-state index in [2.05, 4.69) is 39.8 Å². The number of aliphatic hydroxyl groups excluding tert-OH is 1. The molecule has 25 heavy (non-hydrogen) atoms. The van der Waals surface area contributed by atoms with Gasteiger partial charge in [0.25, 0.3) is 0 Å². The van der Waals surface area contributed by atoms with Gasteiger partial charge >= 0.3 is 0 Å². The number of hydrogen-bond donors (Lipinski definition) is 3. The van der Waals surface area contributed by atoms with Crippen LogP contribution in [0, 0.1) is 11.8 Å². The van der Waals surface area contributed by atoms with Crippen molar-refractivity contribution in [3.8, 4) is 0 Å². The molecular formula is C21H33N3O. The van der Waals surface area contributed by atoms with Gasteiger partial charge in [-0.1, -0.05) is 18.2 Å². The first-order valence-corrected chi connectivity index (χ1v) is 10.2. The van der Waals surface area contributed by atoms with Crippen LogP contribution in [0.2, 0.25) is 0 Å². The summed E-state index contributed by atoms with van der Waals surface area (Å²) in [5.74, 6) is 2.25. The van der Waals surface area contributed by atoms with Crippen molar-refractivity contribution in [3.05, 3.63) is 29.8 Å². The zero-order chi connectivity index (χ0) is 17.1. The second-order valence-electron chi connectivity index (χ2n) is 8.21. The lowest BCUT2D eigenvalue weighted by Gasteiger charge is -2.40. The van der Waals surface area contributed by atoms with Crippen molar-refractivity contribution in [1.82, 2.24) is 10.2 Å². The van der Waals surface area contributed by atoms with E-state index in [1.807, 2.05) is 0 Å². The van der Waals surface area contributed by atoms with Gasteiger partial charge in [0.05, 0.1) is 6.61 Å². The molecule has 3 aliphatic heterocycles. The minimum absolute atomic E-state index is 0.322. The third kappa shape index (κ3) is 3.86. The lowest BCUT2D eigenvalue weighted by molar-refractivity contribution is 0.0642. The predicted octanol–water partition coefficient (Wildman–Crippen LogP) is 2.66. The molecule has 138 valence electrons. The van der Waals surface area contributed by atoms with Gasteiger partial charge in [0, 0.05) is 24.2 Å². The van der Waals surface area contributed by atoms with E-state index in [1.54, 1.807) is 0 Å². The number of para-hydroxylation sites is 1. The van der Waals surface area contributed by atoms with Crippen LogP contribution in [0.5, 0.6) is 0 Å². The van der Waals surface area contributed by atoms with Crippen LogP contribution in [0.15, 0.2) is 24.3 Å². The molecule has 3 heterocycles. The Bertz CT molecular complexity index is 550. The van der Waals surface area contributed by atoms with Gasteiger partial charge in [-0.3, -0.25) is 4.90 Å². The van der Waals surface area contributed by atoms with Crippen molar-refractivity contribution < 1.29 is 5.11 Å². The highest BCUT2D eigenvalue weighted by molar-refractivity contribution is 5.57. The summed E-state index contributed by atoms with van der Waals surface area (Å²) >= 11 is 0. The number of nitrogens with zero attached hydrogens (tertiary/aromatic N) is 1. The molecule has 2 saturated heterocycles. The summed E-state index contributed by atoms with van der Waals surface area (Å²) in [6.45, 7) is 6.03. The molecule has 0 radical (unpaired) electrons. The lowest BCUT2D eigenvalue weighted by Crippen LogP contribution is -2.45. The van der Waals surface area contributed by atoms with Crippen molar-refractivity contribution in [2.45, 2.75) is 44.1 Å². The first kappa shape index (κ1) is 17.3. The van der Waals surface area contributed by atoms with Crippen LogP contribution in [0.3, 0.4) is 0 Å². The van der Waals surface area contributed by atoms with Gasteiger partial charge in [-0.05, 0) is 81.7 Å². The summed E-state index contributed by atoms with van der Waals surface area (Å²) in [6, 6.07) is 9.20. The van der Waals surface area contributed by atoms with Crippen molar-refractivity contribution in [2.75, 3.05) is 44.6 Å². The summed E-state index contributed by atoms with van der Waals surface area (Å²) in [5, 5.41) is 17.0. The fraction of sp³-hybridized carbons (Fsp3) is 0.714. The minimum Gasteiger partial charge on any atom is -0.395 e. The number of likely N-dealkylation sites (tertiary alicyclic amines) is 1. The van der Waals surface area contributed by atoms with E-state index >= 15 is 0 Å². The summed E-state index contributed by atoms with van der Waals surface area (Å²) in [6.07, 6.45) is 6.26.